The van der Waals surface area contributed by atoms with Gasteiger partial charge in [-0.1, -0.05) is 69.3 Å². The van der Waals surface area contributed by atoms with E-state index in [0.29, 0.717) is 35.7 Å². The van der Waals surface area contributed by atoms with E-state index in [2.05, 4.69) is 15.1 Å². The van der Waals surface area contributed by atoms with E-state index in [4.69, 9.17) is 28.4 Å². The fraction of sp³-hybridized carbons (Fsp3) is 0.673. The first-order valence-electron chi connectivity index (χ1n) is 25.8. The highest BCUT2D eigenvalue weighted by Gasteiger charge is 2.78. The molecule has 4 N–H and O–H groups in total. The second-order valence-corrected chi connectivity index (χ2v) is 23.2. The summed E-state index contributed by atoms with van der Waals surface area (Å²) in [5.41, 5.74) is -5.16. The van der Waals surface area contributed by atoms with E-state index in [1.807, 2.05) is 27.7 Å². The number of rotatable bonds is 12. The fourth-order valence-electron chi connectivity index (χ4n) is 14.0. The first-order chi connectivity index (χ1) is 33.6. The first-order valence-corrected chi connectivity index (χ1v) is 25.8. The van der Waals surface area contributed by atoms with Crippen LogP contribution in [0.5, 0.6) is 0 Å². The highest BCUT2D eigenvalue weighted by Crippen LogP contribution is 2.68. The summed E-state index contributed by atoms with van der Waals surface area (Å²) in [4.78, 5) is 61.1. The number of aliphatic hydroxyl groups excluding tert-OH is 2. The van der Waals surface area contributed by atoms with Gasteiger partial charge >= 0.3 is 24.0 Å². The number of alkyl carbamates (subject to hydrolysis) is 1. The third-order valence-electron chi connectivity index (χ3n) is 17.5. The Kier molecular flexibility index (Phi) is 14.1. The van der Waals surface area contributed by atoms with Gasteiger partial charge in [-0.25, -0.2) is 14.4 Å². The molecule has 2 bridgehead atoms. The predicted molar refractivity (Wildman–Crippen MR) is 260 cm³/mol. The maximum absolute atomic E-state index is 14.7. The molecule has 1 amide bonds. The van der Waals surface area contributed by atoms with Gasteiger partial charge in [0.2, 0.25) is 0 Å². The number of carbonyl (C=O) groups excluding carboxylic acids is 4. The first kappa shape index (κ1) is 51.5. The van der Waals surface area contributed by atoms with Crippen LogP contribution in [0.15, 0.2) is 71.8 Å². The SMILES string of the molecule is CC(=O)O[C@@]12COC1C[C@H](O)[C@@]1(C)C3CC(CN4CCC[C@@H]4CN4CCCC4)O[C@@H]3C3=C(C)[C@@H](OC(=O)[C@H](O)C(NC(=O)OC(C)(C)C)c4ccccc4)C[C@@](O)([C@@H](OC(=O)c4ccccc4)[C@@H]12)C3(C)C. The highest BCUT2D eigenvalue weighted by molar-refractivity contribution is 5.89. The minimum atomic E-state index is -2.13. The predicted octanol–water partition coefficient (Wildman–Crippen LogP) is 5.66. The lowest BCUT2D eigenvalue weighted by atomic mass is 9.42. The number of nitrogens with zero attached hydrogens (tertiary/aromatic N) is 2. The molecule has 6 fully saturated rings. The Balaban J connectivity index is 1.17. The van der Waals surface area contributed by atoms with Crippen LogP contribution < -0.4 is 5.32 Å². The van der Waals surface area contributed by atoms with Crippen molar-refractivity contribution in [1.82, 2.24) is 15.1 Å². The van der Waals surface area contributed by atoms with Gasteiger partial charge in [0.1, 0.15) is 29.5 Å². The van der Waals surface area contributed by atoms with Crippen molar-refractivity contribution in [1.29, 1.82) is 0 Å². The van der Waals surface area contributed by atoms with Crippen LogP contribution in [0, 0.1) is 22.7 Å². The third-order valence-corrected chi connectivity index (χ3v) is 17.5. The Morgan fingerprint density at radius 3 is 2.23 bits per heavy atom. The van der Waals surface area contributed by atoms with Gasteiger partial charge in [-0.15, -0.1) is 0 Å². The summed E-state index contributed by atoms with van der Waals surface area (Å²) in [6, 6.07) is 16.0. The maximum atomic E-state index is 14.7. The number of aliphatic hydroxyl groups is 3. The molecule has 2 aromatic rings. The highest BCUT2D eigenvalue weighted by atomic mass is 16.6. The van der Waals surface area contributed by atoms with Gasteiger partial charge < -0.3 is 54.0 Å². The van der Waals surface area contributed by atoms with Gasteiger partial charge in [0.05, 0.1) is 42.4 Å². The van der Waals surface area contributed by atoms with Gasteiger partial charge in [0.15, 0.2) is 11.7 Å². The van der Waals surface area contributed by atoms with E-state index in [0.717, 1.165) is 39.0 Å². The minimum Gasteiger partial charge on any atom is -0.456 e. The summed E-state index contributed by atoms with van der Waals surface area (Å²) >= 11 is 0. The van der Waals surface area contributed by atoms with E-state index in [9.17, 15) is 34.5 Å². The van der Waals surface area contributed by atoms with Gasteiger partial charge in [0, 0.05) is 49.7 Å². The molecule has 14 atom stereocenters. The number of amides is 1. The normalized spacial score (nSPS) is 36.4. The fourth-order valence-corrected chi connectivity index (χ4v) is 14.0. The van der Waals surface area contributed by atoms with Crippen molar-refractivity contribution in [2.45, 2.75) is 172 Å². The molecule has 16 heteroatoms. The van der Waals surface area contributed by atoms with Crippen molar-refractivity contribution in [2.24, 2.45) is 22.7 Å². The van der Waals surface area contributed by atoms with E-state index in [-0.39, 0.29) is 31.1 Å². The molecule has 4 heterocycles. The molecule has 71 heavy (non-hydrogen) atoms. The molecule has 0 spiro atoms. The number of fused-ring (bicyclic) bond motifs is 8. The van der Waals surface area contributed by atoms with Crippen LogP contribution in [0.4, 0.5) is 4.79 Å². The Morgan fingerprint density at radius 1 is 0.915 bits per heavy atom. The summed E-state index contributed by atoms with van der Waals surface area (Å²) in [5, 5.41) is 41.7. The average Bonchev–Trinajstić information content (AvgIpc) is 4.10. The Hall–Kier alpha value is -4.42. The molecule has 4 aliphatic heterocycles. The lowest BCUT2D eigenvalue weighted by Crippen LogP contribution is -2.81. The number of hydrogen-bond acceptors (Lipinski definition) is 15. The molecule has 16 nitrogen and oxygen atoms in total. The van der Waals surface area contributed by atoms with Crippen LogP contribution in [-0.2, 0) is 38.0 Å². The molecule has 4 saturated heterocycles. The van der Waals surface area contributed by atoms with Gasteiger partial charge in [0.25, 0.3) is 0 Å². The van der Waals surface area contributed by atoms with Crippen LogP contribution in [0.3, 0.4) is 0 Å². The number of nitrogens with one attached hydrogen (secondary N) is 1. The van der Waals surface area contributed by atoms with Crippen molar-refractivity contribution in [3.8, 4) is 0 Å². The smallest absolute Gasteiger partial charge is 0.408 e. The minimum absolute atomic E-state index is 0.0778. The molecule has 7 aliphatic rings. The zero-order valence-electron chi connectivity index (χ0n) is 42.6. The largest absolute Gasteiger partial charge is 0.456 e. The third kappa shape index (κ3) is 9.33. The molecule has 0 aromatic heterocycles. The Morgan fingerprint density at radius 2 is 1.59 bits per heavy atom. The number of likely N-dealkylation sites (tertiary alicyclic amines) is 2. The van der Waals surface area contributed by atoms with Crippen molar-refractivity contribution in [2.75, 3.05) is 39.3 Å². The van der Waals surface area contributed by atoms with Crippen molar-refractivity contribution < 1.29 is 62.9 Å². The van der Waals surface area contributed by atoms with Crippen molar-refractivity contribution in [3.05, 3.63) is 82.9 Å². The summed E-state index contributed by atoms with van der Waals surface area (Å²) in [6.45, 7) is 18.6. The quantitative estimate of drug-likeness (QED) is 0.115. The summed E-state index contributed by atoms with van der Waals surface area (Å²) in [5.74, 6) is -4.01. The van der Waals surface area contributed by atoms with Gasteiger partial charge in [-0.2, -0.15) is 0 Å². The molecular formula is C55H75N3O13. The molecule has 0 radical (unpaired) electrons. The van der Waals surface area contributed by atoms with E-state index < -0.39 is 106 Å². The van der Waals surface area contributed by atoms with Crippen LogP contribution >= 0.6 is 0 Å². The summed E-state index contributed by atoms with van der Waals surface area (Å²) < 4.78 is 38.8. The number of benzene rings is 2. The van der Waals surface area contributed by atoms with Crippen molar-refractivity contribution in [3.63, 3.8) is 0 Å². The molecule has 3 aliphatic carbocycles. The van der Waals surface area contributed by atoms with Gasteiger partial charge in [-0.3, -0.25) is 9.69 Å². The number of carbonyl (C=O) groups is 4. The monoisotopic (exact) mass is 986 g/mol. The molecule has 4 unspecified atom stereocenters. The summed E-state index contributed by atoms with van der Waals surface area (Å²) in [6.07, 6.45) is -3.73. The maximum Gasteiger partial charge on any atom is 0.408 e. The van der Waals surface area contributed by atoms with Gasteiger partial charge in [-0.05, 0) is 114 Å². The number of esters is 3. The lowest BCUT2D eigenvalue weighted by molar-refractivity contribution is -0.359. The van der Waals surface area contributed by atoms with Crippen LogP contribution in [-0.4, -0.2) is 154 Å². The standard InChI is InChI=1S/C55H75N3O13/c1-32-39(68-49(63)44(61)43(34-18-11-9-12-19-34)56-50(64)71-51(3,4)5)28-55(65)47(69-48(62)35-20-13-10-14-21-35)46-53(8,40(60)27-41-54(46,31-66-41)70-33(2)59)38-26-37(67-45(38)42(32)52(55,6)7)30-58-25-17-22-36(58)29-57-23-15-16-24-57/h9-14,18-21,36-41,43-47,60-61,65H,15-17,22-31H2,1-8H3,(H,56,64)/t36-,37?,38?,39+,40+,41?,43?,44-,45+,46+,47+,53-,54+,55-/m1/s1. The zero-order valence-corrected chi connectivity index (χ0v) is 42.6. The molecular weight excluding hydrogens is 911 g/mol. The van der Waals surface area contributed by atoms with E-state index in [1.165, 1.54) is 19.8 Å². The lowest BCUT2D eigenvalue weighted by Gasteiger charge is -2.69. The second-order valence-electron chi connectivity index (χ2n) is 23.2. The zero-order chi connectivity index (χ0) is 50.8. The average molecular weight is 986 g/mol. The molecule has 2 aromatic carbocycles. The molecule has 9 rings (SSSR count). The molecule has 2 saturated carbocycles. The van der Waals surface area contributed by atoms with Crippen LogP contribution in [0.25, 0.3) is 0 Å². The Bertz CT molecular complexity index is 2330. The number of hydrogen-bond donors (Lipinski definition) is 4. The number of ether oxygens (including phenoxy) is 6. The van der Waals surface area contributed by atoms with Crippen LogP contribution in [0.2, 0.25) is 0 Å². The second kappa shape index (κ2) is 19.5. The summed E-state index contributed by atoms with van der Waals surface area (Å²) in [7, 11) is 0. The molecule has 388 valence electrons. The topological polar surface area (TPSA) is 203 Å². The Labute approximate surface area is 417 Å². The van der Waals surface area contributed by atoms with E-state index in [1.54, 1.807) is 81.4 Å². The van der Waals surface area contributed by atoms with E-state index >= 15 is 0 Å². The van der Waals surface area contributed by atoms with Crippen molar-refractivity contribution >= 4 is 24.0 Å². The van der Waals surface area contributed by atoms with Crippen LogP contribution in [0.1, 0.15) is 122 Å².